The van der Waals surface area contributed by atoms with E-state index in [0.717, 1.165) is 0 Å². The van der Waals surface area contributed by atoms with E-state index in [9.17, 15) is 49.8 Å². The second-order valence-corrected chi connectivity index (χ2v) is 12.8. The van der Waals surface area contributed by atoms with Gasteiger partial charge in [0.25, 0.3) is 0 Å². The summed E-state index contributed by atoms with van der Waals surface area (Å²) in [5, 5.41) is 10.8. The van der Waals surface area contributed by atoms with E-state index >= 15 is 0 Å². The number of halogens is 8. The largest absolute Gasteiger partial charge is 0.507 e. The van der Waals surface area contributed by atoms with E-state index in [2.05, 4.69) is 9.47 Å². The summed E-state index contributed by atoms with van der Waals surface area (Å²) >= 11 is 0. The van der Waals surface area contributed by atoms with Gasteiger partial charge in [-0.15, -0.1) is 0 Å². The maximum absolute atomic E-state index is 14.2. The summed E-state index contributed by atoms with van der Waals surface area (Å²) in [4.78, 5) is 23.7. The molecule has 1 unspecified atom stereocenters. The Morgan fingerprint density at radius 3 is 1.53 bits per heavy atom. The predicted molar refractivity (Wildman–Crippen MR) is 144 cm³/mol. The third kappa shape index (κ3) is 9.20. The van der Waals surface area contributed by atoms with Crippen LogP contribution in [0.25, 0.3) is 0 Å². The van der Waals surface area contributed by atoms with E-state index in [4.69, 9.17) is 0 Å². The van der Waals surface area contributed by atoms with Crippen LogP contribution >= 0.6 is 0 Å². The first-order valence-corrected chi connectivity index (χ1v) is 13.9. The number of alkyl halides is 8. The van der Waals surface area contributed by atoms with E-state index in [1.165, 1.54) is 6.92 Å². The Labute approximate surface area is 247 Å². The van der Waals surface area contributed by atoms with Gasteiger partial charge in [-0.3, -0.25) is 9.59 Å². The molecule has 1 atom stereocenters. The lowest BCUT2D eigenvalue weighted by atomic mass is 9.78. The van der Waals surface area contributed by atoms with Crippen molar-refractivity contribution in [3.05, 3.63) is 28.8 Å². The summed E-state index contributed by atoms with van der Waals surface area (Å²) in [5.41, 5.74) is 0.828. The van der Waals surface area contributed by atoms with Crippen molar-refractivity contribution in [2.45, 2.75) is 122 Å². The topological polar surface area (TPSA) is 72.8 Å². The fraction of sp³-hybridized carbons (Fsp3) is 0.733. The van der Waals surface area contributed by atoms with Crippen LogP contribution < -0.4 is 0 Å². The van der Waals surface area contributed by atoms with E-state index in [0.29, 0.717) is 16.7 Å². The minimum Gasteiger partial charge on any atom is -0.507 e. The lowest BCUT2D eigenvalue weighted by Crippen LogP contribution is -2.62. The fourth-order valence-corrected chi connectivity index (χ4v) is 3.96. The Balaban J connectivity index is 2.89. The Morgan fingerprint density at radius 1 is 0.767 bits per heavy atom. The van der Waals surface area contributed by atoms with E-state index in [-0.39, 0.29) is 18.6 Å². The molecule has 0 aromatic heterocycles. The number of ether oxygens (including phenoxy) is 2. The Bertz CT molecular complexity index is 1090. The van der Waals surface area contributed by atoms with Gasteiger partial charge < -0.3 is 14.6 Å². The third-order valence-corrected chi connectivity index (χ3v) is 7.07. The predicted octanol–water partition coefficient (Wildman–Crippen LogP) is 8.37. The first kappa shape index (κ1) is 38.4. The summed E-state index contributed by atoms with van der Waals surface area (Å²) in [7, 11) is 0. The molecule has 1 aromatic carbocycles. The number of carbonyl (C=O) groups excluding carboxylic acids is 2. The lowest BCUT2D eigenvalue weighted by Gasteiger charge is -2.36. The van der Waals surface area contributed by atoms with Gasteiger partial charge in [-0.2, -0.15) is 35.1 Å². The molecule has 0 aliphatic carbocycles. The highest BCUT2D eigenvalue weighted by Crippen LogP contribution is 2.54. The number of phenols is 1. The molecule has 0 radical (unpaired) electrons. The van der Waals surface area contributed by atoms with E-state index < -0.39 is 84.9 Å². The van der Waals surface area contributed by atoms with Crippen LogP contribution in [0.5, 0.6) is 5.75 Å². The molecule has 1 aromatic rings. The smallest absolute Gasteiger partial charge is 0.378 e. The van der Waals surface area contributed by atoms with Gasteiger partial charge in [0.05, 0.1) is 32.0 Å². The van der Waals surface area contributed by atoms with E-state index in [1.54, 1.807) is 19.1 Å². The van der Waals surface area contributed by atoms with Crippen LogP contribution in [0, 0.1) is 5.92 Å². The molecule has 43 heavy (non-hydrogen) atoms. The number of rotatable bonds is 14. The van der Waals surface area contributed by atoms with Crippen LogP contribution in [0.3, 0.4) is 0 Å². The minimum atomic E-state index is -6.53. The standard InChI is InChI=1S/C30H42F8O5/c1-9-18(2)24(41)43-15-13-28(33,34)30(37,38)29(35,36)27(31,32)12-14-42-22(39)11-10-19-16-20(25(3,4)5)23(40)21(17-19)26(6,7)8/h16-18,40H,9-15H2,1-8H3. The SMILES string of the molecule is CCC(C)C(=O)OCCC(F)(F)C(F)(F)C(F)(F)C(F)(F)CCOC(=O)CCc1cc(C(C)(C)C)c(O)c(C(C)(C)C)c1. The summed E-state index contributed by atoms with van der Waals surface area (Å²) < 4.78 is 122. The second kappa shape index (κ2) is 13.6. The highest BCUT2D eigenvalue weighted by atomic mass is 19.4. The molecule has 1 rings (SSSR count). The van der Waals surface area contributed by atoms with Crippen molar-refractivity contribution >= 4 is 11.9 Å². The Kier molecular flexibility index (Phi) is 12.1. The number of benzene rings is 1. The highest BCUT2D eigenvalue weighted by molar-refractivity contribution is 5.71. The van der Waals surface area contributed by atoms with Crippen LogP contribution in [0.4, 0.5) is 35.1 Å². The molecule has 0 amide bonds. The fourth-order valence-electron chi connectivity index (χ4n) is 3.96. The molecule has 1 N–H and O–H groups in total. The number of aromatic hydroxyl groups is 1. The number of carbonyl (C=O) groups is 2. The summed E-state index contributed by atoms with van der Waals surface area (Å²) in [6.07, 6.45) is -4.42. The molecule has 0 spiro atoms. The summed E-state index contributed by atoms with van der Waals surface area (Å²) in [6.45, 7) is 11.3. The average Bonchev–Trinajstić information content (AvgIpc) is 2.85. The third-order valence-electron chi connectivity index (χ3n) is 7.07. The summed E-state index contributed by atoms with van der Waals surface area (Å²) in [5.74, 6) is -27.2. The van der Waals surface area contributed by atoms with Crippen molar-refractivity contribution < 1.29 is 59.3 Å². The number of hydrogen-bond acceptors (Lipinski definition) is 5. The summed E-state index contributed by atoms with van der Waals surface area (Å²) in [6, 6.07) is 3.33. The van der Waals surface area contributed by atoms with Crippen molar-refractivity contribution in [1.29, 1.82) is 0 Å². The van der Waals surface area contributed by atoms with Gasteiger partial charge in [-0.25, -0.2) is 0 Å². The van der Waals surface area contributed by atoms with Crippen LogP contribution in [0.15, 0.2) is 12.1 Å². The van der Waals surface area contributed by atoms with Crippen LogP contribution in [-0.2, 0) is 36.3 Å². The highest BCUT2D eigenvalue weighted by Gasteiger charge is 2.79. The van der Waals surface area contributed by atoms with Gasteiger partial charge in [-0.1, -0.05) is 67.5 Å². The van der Waals surface area contributed by atoms with Gasteiger partial charge in [-0.05, 0) is 40.4 Å². The number of aryl methyl sites for hydroxylation is 1. The molecule has 0 aliphatic rings. The number of phenolic OH excluding ortho intramolecular Hbond substituents is 1. The normalized spacial score (nSPS) is 14.4. The monoisotopic (exact) mass is 634 g/mol. The molecule has 248 valence electrons. The van der Waals surface area contributed by atoms with Crippen LogP contribution in [0.2, 0.25) is 0 Å². The van der Waals surface area contributed by atoms with Crippen molar-refractivity contribution in [2.24, 2.45) is 5.92 Å². The molecule has 5 nitrogen and oxygen atoms in total. The van der Waals surface area contributed by atoms with Crippen molar-refractivity contribution in [3.63, 3.8) is 0 Å². The van der Waals surface area contributed by atoms with E-state index in [1.807, 2.05) is 41.5 Å². The number of esters is 2. The Morgan fingerprint density at radius 2 is 1.16 bits per heavy atom. The second-order valence-electron chi connectivity index (χ2n) is 12.8. The zero-order valence-corrected chi connectivity index (χ0v) is 25.8. The maximum atomic E-state index is 14.2. The lowest BCUT2D eigenvalue weighted by molar-refractivity contribution is -0.369. The van der Waals surface area contributed by atoms with Crippen molar-refractivity contribution in [3.8, 4) is 5.75 Å². The quantitative estimate of drug-likeness (QED) is 0.165. The van der Waals surface area contributed by atoms with Crippen LogP contribution in [0.1, 0.15) is 97.8 Å². The maximum Gasteiger partial charge on any atom is 0.378 e. The minimum absolute atomic E-state index is 0.0176. The molecule has 0 fully saturated rings. The van der Waals surface area contributed by atoms with Crippen molar-refractivity contribution in [1.82, 2.24) is 0 Å². The zero-order chi connectivity index (χ0) is 33.8. The first-order chi connectivity index (χ1) is 19.2. The molecule has 0 saturated heterocycles. The molecular weight excluding hydrogens is 592 g/mol. The molecule has 13 heteroatoms. The van der Waals surface area contributed by atoms with Gasteiger partial charge in [0.2, 0.25) is 0 Å². The molecule has 0 bridgehead atoms. The molecule has 0 saturated carbocycles. The van der Waals surface area contributed by atoms with Gasteiger partial charge in [0.1, 0.15) is 5.75 Å². The van der Waals surface area contributed by atoms with Gasteiger partial charge in [0, 0.05) is 6.42 Å². The van der Waals surface area contributed by atoms with Crippen molar-refractivity contribution in [2.75, 3.05) is 13.2 Å². The zero-order valence-electron chi connectivity index (χ0n) is 25.8. The average molecular weight is 635 g/mol. The van der Waals surface area contributed by atoms with Gasteiger partial charge in [0.15, 0.2) is 0 Å². The Hall–Kier alpha value is -2.60. The molecular formula is C30H42F8O5. The molecule has 0 heterocycles. The van der Waals surface area contributed by atoms with Crippen LogP contribution in [-0.4, -0.2) is 53.9 Å². The first-order valence-electron chi connectivity index (χ1n) is 13.9. The molecule has 0 aliphatic heterocycles. The number of hydrogen-bond donors (Lipinski definition) is 1. The van der Waals surface area contributed by atoms with Gasteiger partial charge >= 0.3 is 35.6 Å².